The number of carbonyl (C=O) groups excluding carboxylic acids is 2. The Morgan fingerprint density at radius 2 is 2.44 bits per heavy atom. The standard InChI is InChI=1S/C12H14O3S/c1-2-15-11(13)7-8-3-4-10-9(12(8)14)5-6-16-10/h5-6,8H,2-4,7H2,1H3/t8-/m1/s1. The molecule has 1 aliphatic rings. The Morgan fingerprint density at radius 1 is 1.62 bits per heavy atom. The summed E-state index contributed by atoms with van der Waals surface area (Å²) in [5.41, 5.74) is 0.811. The highest BCUT2D eigenvalue weighted by molar-refractivity contribution is 7.10. The van der Waals surface area contributed by atoms with Gasteiger partial charge in [0.05, 0.1) is 13.0 Å². The first-order chi connectivity index (χ1) is 7.72. The number of fused-ring (bicyclic) bond motifs is 1. The van der Waals surface area contributed by atoms with Gasteiger partial charge in [0.25, 0.3) is 0 Å². The molecule has 0 saturated heterocycles. The van der Waals surface area contributed by atoms with E-state index in [1.54, 1.807) is 18.3 Å². The van der Waals surface area contributed by atoms with Crippen molar-refractivity contribution in [2.24, 2.45) is 5.92 Å². The first-order valence-corrected chi connectivity index (χ1v) is 6.36. The van der Waals surface area contributed by atoms with Crippen LogP contribution in [-0.2, 0) is 16.0 Å². The summed E-state index contributed by atoms with van der Waals surface area (Å²) in [5, 5.41) is 1.94. The third-order valence-corrected chi connectivity index (χ3v) is 3.80. The van der Waals surface area contributed by atoms with Gasteiger partial charge in [0.1, 0.15) is 0 Å². The molecule has 3 nitrogen and oxygen atoms in total. The van der Waals surface area contributed by atoms with Gasteiger partial charge in [-0.1, -0.05) is 0 Å². The van der Waals surface area contributed by atoms with Crippen LogP contribution in [0, 0.1) is 5.92 Å². The van der Waals surface area contributed by atoms with Gasteiger partial charge in [0.15, 0.2) is 5.78 Å². The molecule has 0 N–H and O–H groups in total. The smallest absolute Gasteiger partial charge is 0.306 e. The molecule has 16 heavy (non-hydrogen) atoms. The molecule has 86 valence electrons. The molecule has 0 aliphatic heterocycles. The molecule has 0 spiro atoms. The lowest BCUT2D eigenvalue weighted by molar-refractivity contribution is -0.143. The van der Waals surface area contributed by atoms with E-state index in [2.05, 4.69) is 0 Å². The van der Waals surface area contributed by atoms with Gasteiger partial charge >= 0.3 is 5.97 Å². The molecule has 0 radical (unpaired) electrons. The second kappa shape index (κ2) is 4.78. The summed E-state index contributed by atoms with van der Waals surface area (Å²) in [6.07, 6.45) is 1.90. The maximum atomic E-state index is 12.0. The van der Waals surface area contributed by atoms with Crippen molar-refractivity contribution in [3.63, 3.8) is 0 Å². The van der Waals surface area contributed by atoms with Crippen molar-refractivity contribution in [2.45, 2.75) is 26.2 Å². The van der Waals surface area contributed by atoms with Crippen molar-refractivity contribution in [1.82, 2.24) is 0 Å². The summed E-state index contributed by atoms with van der Waals surface area (Å²) in [4.78, 5) is 24.5. The largest absolute Gasteiger partial charge is 0.466 e. The molecule has 0 aromatic carbocycles. The minimum atomic E-state index is -0.264. The van der Waals surface area contributed by atoms with Crippen LogP contribution in [0.4, 0.5) is 0 Å². The van der Waals surface area contributed by atoms with Gasteiger partial charge in [-0.25, -0.2) is 0 Å². The fourth-order valence-electron chi connectivity index (χ4n) is 2.03. The number of ether oxygens (including phenoxy) is 1. The van der Waals surface area contributed by atoms with Crippen LogP contribution >= 0.6 is 11.3 Å². The number of rotatable bonds is 3. The highest BCUT2D eigenvalue weighted by atomic mass is 32.1. The Morgan fingerprint density at radius 3 is 3.19 bits per heavy atom. The second-order valence-electron chi connectivity index (χ2n) is 3.87. The lowest BCUT2D eigenvalue weighted by atomic mass is 9.85. The molecule has 0 bridgehead atoms. The maximum absolute atomic E-state index is 12.0. The van der Waals surface area contributed by atoms with Gasteiger partial charge in [-0.05, 0) is 31.2 Å². The number of carbonyl (C=O) groups is 2. The second-order valence-corrected chi connectivity index (χ2v) is 4.87. The van der Waals surface area contributed by atoms with Crippen molar-refractivity contribution in [2.75, 3.05) is 6.61 Å². The first-order valence-electron chi connectivity index (χ1n) is 5.48. The average molecular weight is 238 g/mol. The molecular formula is C12H14O3S. The molecule has 1 aromatic heterocycles. The topological polar surface area (TPSA) is 43.4 Å². The average Bonchev–Trinajstić information content (AvgIpc) is 2.71. The number of ketones is 1. The van der Waals surface area contributed by atoms with Crippen molar-refractivity contribution in [3.8, 4) is 0 Å². The van der Waals surface area contributed by atoms with Gasteiger partial charge in [0, 0.05) is 16.4 Å². The number of thiophene rings is 1. The monoisotopic (exact) mass is 238 g/mol. The van der Waals surface area contributed by atoms with Crippen molar-refractivity contribution >= 4 is 23.1 Å². The first kappa shape index (κ1) is 11.3. The fourth-order valence-corrected chi connectivity index (χ4v) is 2.93. The van der Waals surface area contributed by atoms with Crippen LogP contribution in [-0.4, -0.2) is 18.4 Å². The predicted molar refractivity (Wildman–Crippen MR) is 61.7 cm³/mol. The van der Waals surface area contributed by atoms with Crippen LogP contribution in [0.3, 0.4) is 0 Å². The van der Waals surface area contributed by atoms with Gasteiger partial charge in [-0.2, -0.15) is 0 Å². The Labute approximate surface area is 98.4 Å². The van der Waals surface area contributed by atoms with E-state index in [-0.39, 0.29) is 24.1 Å². The molecular weight excluding hydrogens is 224 g/mol. The van der Waals surface area contributed by atoms with E-state index in [9.17, 15) is 9.59 Å². The molecule has 4 heteroatoms. The van der Waals surface area contributed by atoms with Gasteiger partial charge in [-0.3, -0.25) is 9.59 Å². The van der Waals surface area contributed by atoms with Crippen molar-refractivity contribution in [3.05, 3.63) is 21.9 Å². The third-order valence-electron chi connectivity index (χ3n) is 2.82. The fraction of sp³-hybridized carbons (Fsp3) is 0.500. The van der Waals surface area contributed by atoms with E-state index in [1.165, 1.54) is 0 Å². The number of esters is 1. The highest BCUT2D eigenvalue weighted by Gasteiger charge is 2.30. The normalized spacial score (nSPS) is 19.3. The molecule has 1 atom stereocenters. The molecule has 1 aliphatic carbocycles. The predicted octanol–water partition coefficient (Wildman–Crippen LogP) is 2.45. The molecule has 1 aromatic rings. The highest BCUT2D eigenvalue weighted by Crippen LogP contribution is 2.31. The van der Waals surface area contributed by atoms with Gasteiger partial charge in [-0.15, -0.1) is 11.3 Å². The number of Topliss-reactive ketones (excluding diaryl/α,β-unsaturated/α-hetero) is 1. The molecule has 0 amide bonds. The summed E-state index contributed by atoms with van der Waals surface area (Å²) in [5.74, 6) is -0.337. The van der Waals surface area contributed by atoms with Crippen LogP contribution in [0.15, 0.2) is 11.4 Å². The Kier molecular flexibility index (Phi) is 3.39. The molecule has 1 heterocycles. The van der Waals surface area contributed by atoms with E-state index in [0.717, 1.165) is 23.3 Å². The van der Waals surface area contributed by atoms with E-state index in [0.29, 0.717) is 6.61 Å². The summed E-state index contributed by atoms with van der Waals surface area (Å²) in [6, 6.07) is 1.86. The Hall–Kier alpha value is -1.16. The third kappa shape index (κ3) is 2.16. The van der Waals surface area contributed by atoms with Crippen molar-refractivity contribution < 1.29 is 14.3 Å². The summed E-state index contributed by atoms with van der Waals surface area (Å²) >= 11 is 1.62. The molecule has 0 unspecified atom stereocenters. The van der Waals surface area contributed by atoms with Gasteiger partial charge < -0.3 is 4.74 Å². The van der Waals surface area contributed by atoms with Crippen molar-refractivity contribution in [1.29, 1.82) is 0 Å². The zero-order chi connectivity index (χ0) is 11.5. The Bertz CT molecular complexity index is 408. The van der Waals surface area contributed by atoms with E-state index in [4.69, 9.17) is 4.74 Å². The summed E-state index contributed by atoms with van der Waals surface area (Å²) in [6.45, 7) is 2.15. The molecule has 0 fully saturated rings. The quantitative estimate of drug-likeness (QED) is 0.760. The van der Waals surface area contributed by atoms with E-state index in [1.807, 2.05) is 11.4 Å². The lowest BCUT2D eigenvalue weighted by Gasteiger charge is -2.19. The van der Waals surface area contributed by atoms with Crippen LogP contribution in [0.25, 0.3) is 0 Å². The maximum Gasteiger partial charge on any atom is 0.306 e. The summed E-state index contributed by atoms with van der Waals surface area (Å²) in [7, 11) is 0. The van der Waals surface area contributed by atoms with Crippen LogP contribution in [0.5, 0.6) is 0 Å². The lowest BCUT2D eigenvalue weighted by Crippen LogP contribution is -2.24. The van der Waals surface area contributed by atoms with E-state index < -0.39 is 0 Å². The number of aryl methyl sites for hydroxylation is 1. The molecule has 0 saturated carbocycles. The van der Waals surface area contributed by atoms with Gasteiger partial charge in [0.2, 0.25) is 0 Å². The SMILES string of the molecule is CCOC(=O)C[C@H]1CCc2sccc2C1=O. The minimum absolute atomic E-state index is 0.107. The zero-order valence-electron chi connectivity index (χ0n) is 9.19. The number of hydrogen-bond acceptors (Lipinski definition) is 4. The Balaban J connectivity index is 2.04. The van der Waals surface area contributed by atoms with Crippen LogP contribution in [0.1, 0.15) is 35.0 Å². The van der Waals surface area contributed by atoms with Crippen LogP contribution < -0.4 is 0 Å². The summed E-state index contributed by atoms with van der Waals surface area (Å²) < 4.78 is 4.87. The number of hydrogen-bond donors (Lipinski definition) is 0. The van der Waals surface area contributed by atoms with Crippen LogP contribution in [0.2, 0.25) is 0 Å². The zero-order valence-corrected chi connectivity index (χ0v) is 10.0. The minimum Gasteiger partial charge on any atom is -0.466 e. The van der Waals surface area contributed by atoms with E-state index >= 15 is 0 Å². The molecule has 2 rings (SSSR count).